The van der Waals surface area contributed by atoms with Crippen molar-refractivity contribution in [3.8, 4) is 11.1 Å². The van der Waals surface area contributed by atoms with Crippen LogP contribution >= 0.6 is 11.8 Å². The lowest BCUT2D eigenvalue weighted by molar-refractivity contribution is -0.384. The molecule has 1 aliphatic rings. The summed E-state index contributed by atoms with van der Waals surface area (Å²) in [5.41, 5.74) is 5.05. The lowest BCUT2D eigenvalue weighted by atomic mass is 10.0. The second kappa shape index (κ2) is 18.1. The van der Waals surface area contributed by atoms with Gasteiger partial charge in [0.05, 0.1) is 15.3 Å². The summed E-state index contributed by atoms with van der Waals surface area (Å²) >= 11 is 1.66. The van der Waals surface area contributed by atoms with Crippen molar-refractivity contribution in [2.45, 2.75) is 28.8 Å². The SMILES string of the molecule is CN(C)CCC(CSc1ccccc1)Nc1ccc(S(=O)(=O)Nc2ncnc3cc(N4CCN(Cc5ccccc5-c5cccnc5)CC4)ccc23)cc1[N+](=O)[O-]. The Labute approximate surface area is 337 Å². The van der Waals surface area contributed by atoms with E-state index in [-0.39, 0.29) is 28.1 Å². The summed E-state index contributed by atoms with van der Waals surface area (Å²) in [4.78, 5) is 32.4. The molecular weight excluding hydrogens is 759 g/mol. The molecule has 6 aromatic rings. The minimum absolute atomic E-state index is 0.0928. The van der Waals surface area contributed by atoms with E-state index in [2.05, 4.69) is 70.0 Å². The van der Waals surface area contributed by atoms with Gasteiger partial charge in [-0.25, -0.2) is 18.4 Å². The number of rotatable bonds is 16. The first-order valence-electron chi connectivity index (χ1n) is 18.7. The molecule has 1 fully saturated rings. The van der Waals surface area contributed by atoms with E-state index in [0.29, 0.717) is 16.7 Å². The third kappa shape index (κ3) is 10.0. The van der Waals surface area contributed by atoms with Gasteiger partial charge >= 0.3 is 0 Å². The second-order valence-corrected chi connectivity index (χ2v) is 17.0. The van der Waals surface area contributed by atoms with Gasteiger partial charge in [-0.05, 0) is 86.7 Å². The van der Waals surface area contributed by atoms with E-state index in [4.69, 9.17) is 0 Å². The predicted octanol–water partition coefficient (Wildman–Crippen LogP) is 7.25. The molecule has 4 aromatic carbocycles. The number of nitro benzene ring substituents is 1. The van der Waals surface area contributed by atoms with Crippen molar-refractivity contribution in [2.24, 2.45) is 0 Å². The molecule has 1 saturated heterocycles. The van der Waals surface area contributed by atoms with Crippen molar-refractivity contribution >= 4 is 55.6 Å². The number of hydrogen-bond donors (Lipinski definition) is 2. The van der Waals surface area contributed by atoms with Crippen LogP contribution < -0.4 is 14.9 Å². The van der Waals surface area contributed by atoms with Crippen molar-refractivity contribution in [3.05, 3.63) is 138 Å². The zero-order chi connectivity index (χ0) is 39.8. The lowest BCUT2D eigenvalue weighted by Crippen LogP contribution is -2.46. The fraction of sp³-hybridized carbons (Fsp3) is 0.262. The molecule has 57 heavy (non-hydrogen) atoms. The Morgan fingerprint density at radius 3 is 2.46 bits per heavy atom. The minimum Gasteiger partial charge on any atom is -0.376 e. The summed E-state index contributed by atoms with van der Waals surface area (Å²) in [6, 6.07) is 32.0. The smallest absolute Gasteiger partial charge is 0.293 e. The molecule has 0 radical (unpaired) electrons. The van der Waals surface area contributed by atoms with E-state index < -0.39 is 14.9 Å². The van der Waals surface area contributed by atoms with Crippen LogP contribution in [0.3, 0.4) is 0 Å². The van der Waals surface area contributed by atoms with Crippen LogP contribution in [0.25, 0.3) is 22.0 Å². The molecule has 2 N–H and O–H groups in total. The molecular formula is C42H45N9O4S2. The molecule has 2 aromatic heterocycles. The summed E-state index contributed by atoms with van der Waals surface area (Å²) in [6.07, 6.45) is 5.73. The number of hydrogen-bond acceptors (Lipinski definition) is 12. The monoisotopic (exact) mass is 803 g/mol. The summed E-state index contributed by atoms with van der Waals surface area (Å²) in [5.74, 6) is 0.757. The average molecular weight is 804 g/mol. The first-order valence-corrected chi connectivity index (χ1v) is 21.2. The van der Waals surface area contributed by atoms with E-state index in [1.165, 1.54) is 29.6 Å². The largest absolute Gasteiger partial charge is 0.376 e. The van der Waals surface area contributed by atoms with E-state index in [0.717, 1.165) is 67.9 Å². The number of thioether (sulfide) groups is 1. The highest BCUT2D eigenvalue weighted by atomic mass is 32.2. The molecule has 3 heterocycles. The maximum Gasteiger partial charge on any atom is 0.293 e. The number of anilines is 3. The molecule has 0 amide bonds. The van der Waals surface area contributed by atoms with Gasteiger partial charge in [0.25, 0.3) is 15.7 Å². The highest BCUT2D eigenvalue weighted by Gasteiger charge is 2.25. The van der Waals surface area contributed by atoms with E-state index in [9.17, 15) is 18.5 Å². The fourth-order valence-electron chi connectivity index (χ4n) is 6.87. The van der Waals surface area contributed by atoms with Crippen LogP contribution in [0.2, 0.25) is 0 Å². The summed E-state index contributed by atoms with van der Waals surface area (Å²) in [5, 5.41) is 16.1. The maximum absolute atomic E-state index is 13.7. The Balaban J connectivity index is 1.03. The normalized spacial score (nSPS) is 14.1. The molecule has 0 aliphatic carbocycles. The number of sulfonamides is 1. The molecule has 1 atom stereocenters. The number of pyridine rings is 1. The van der Waals surface area contributed by atoms with Gasteiger partial charge in [-0.1, -0.05) is 48.5 Å². The average Bonchev–Trinajstić information content (AvgIpc) is 3.22. The summed E-state index contributed by atoms with van der Waals surface area (Å²) < 4.78 is 30.0. The van der Waals surface area contributed by atoms with E-state index in [1.807, 2.05) is 74.9 Å². The second-order valence-electron chi connectivity index (χ2n) is 14.2. The van der Waals surface area contributed by atoms with Crippen LogP contribution in [0.1, 0.15) is 12.0 Å². The molecule has 1 aliphatic heterocycles. The van der Waals surface area contributed by atoms with Gasteiger partial charge in [0.2, 0.25) is 0 Å². The van der Waals surface area contributed by atoms with E-state index in [1.54, 1.807) is 18.0 Å². The van der Waals surface area contributed by atoms with Crippen LogP contribution in [0.5, 0.6) is 0 Å². The number of nitro groups is 1. The molecule has 0 spiro atoms. The molecule has 7 rings (SSSR count). The van der Waals surface area contributed by atoms with Crippen molar-refractivity contribution < 1.29 is 13.3 Å². The van der Waals surface area contributed by atoms with Gasteiger partial charge < -0.3 is 15.1 Å². The van der Waals surface area contributed by atoms with Crippen LogP contribution in [0.4, 0.5) is 22.9 Å². The Kier molecular flexibility index (Phi) is 12.6. The quantitative estimate of drug-likeness (QED) is 0.0577. The molecule has 1 unspecified atom stereocenters. The van der Waals surface area contributed by atoms with Crippen molar-refractivity contribution in [1.82, 2.24) is 24.8 Å². The van der Waals surface area contributed by atoms with Gasteiger partial charge in [-0.2, -0.15) is 0 Å². The fourth-order valence-corrected chi connectivity index (χ4v) is 8.92. The standard InChI is InChI=1S/C42H45N9O4S2/c1-48(2)20-18-33(29-56-35-11-4-3-5-12-35)46-39-17-15-36(26-41(39)51(52)53)57(54,55)47-42-38-16-14-34(25-40(38)44-30-45-42)50-23-21-49(22-24-50)28-32-9-6-7-13-37(32)31-10-8-19-43-27-31/h3-17,19,25-27,30,33,46H,18,20-24,28-29H2,1-2H3,(H,44,45,47). The molecule has 294 valence electrons. The van der Waals surface area contributed by atoms with Gasteiger partial charge in [0.15, 0.2) is 5.82 Å². The minimum atomic E-state index is -4.26. The Hall–Kier alpha value is -5.61. The van der Waals surface area contributed by atoms with Gasteiger partial charge in [0.1, 0.15) is 12.0 Å². The number of nitrogens with zero attached hydrogens (tertiary/aromatic N) is 7. The number of fused-ring (bicyclic) bond motifs is 1. The molecule has 13 nitrogen and oxygen atoms in total. The van der Waals surface area contributed by atoms with Crippen LogP contribution in [0.15, 0.2) is 132 Å². The highest BCUT2D eigenvalue weighted by Crippen LogP contribution is 2.32. The molecule has 0 saturated carbocycles. The zero-order valence-electron chi connectivity index (χ0n) is 31.9. The number of piperazine rings is 1. The third-order valence-corrected chi connectivity index (χ3v) is 12.4. The summed E-state index contributed by atoms with van der Waals surface area (Å²) in [7, 11) is -0.305. The topological polar surface area (TPSA) is 150 Å². The Morgan fingerprint density at radius 2 is 1.70 bits per heavy atom. The van der Waals surface area contributed by atoms with Crippen molar-refractivity contribution in [2.75, 3.05) is 67.5 Å². The molecule has 0 bridgehead atoms. The maximum atomic E-state index is 13.7. The van der Waals surface area contributed by atoms with Gasteiger partial charge in [-0.15, -0.1) is 11.8 Å². The first-order chi connectivity index (χ1) is 27.6. The highest BCUT2D eigenvalue weighted by molar-refractivity contribution is 7.99. The number of benzene rings is 4. The van der Waals surface area contributed by atoms with Gasteiger partial charge in [0, 0.05) is 84.5 Å². The van der Waals surface area contributed by atoms with Crippen molar-refractivity contribution in [1.29, 1.82) is 0 Å². The van der Waals surface area contributed by atoms with Crippen LogP contribution in [-0.4, -0.2) is 96.7 Å². The Bertz CT molecular complexity index is 2410. The van der Waals surface area contributed by atoms with E-state index >= 15 is 0 Å². The number of aromatic nitrogens is 3. The molecule has 15 heteroatoms. The zero-order valence-corrected chi connectivity index (χ0v) is 33.5. The lowest BCUT2D eigenvalue weighted by Gasteiger charge is -2.36. The van der Waals surface area contributed by atoms with Gasteiger partial charge in [-0.3, -0.25) is 24.7 Å². The number of nitrogens with one attached hydrogen (secondary N) is 2. The third-order valence-electron chi connectivity index (χ3n) is 9.93. The summed E-state index contributed by atoms with van der Waals surface area (Å²) in [6.45, 7) is 4.98. The predicted molar refractivity (Wildman–Crippen MR) is 228 cm³/mol. The van der Waals surface area contributed by atoms with Crippen LogP contribution in [-0.2, 0) is 16.6 Å². The first kappa shape index (κ1) is 39.6. The Morgan fingerprint density at radius 1 is 0.912 bits per heavy atom. The van der Waals surface area contributed by atoms with Crippen molar-refractivity contribution in [3.63, 3.8) is 0 Å². The van der Waals surface area contributed by atoms with Crippen LogP contribution in [0, 0.1) is 10.1 Å².